The Morgan fingerprint density at radius 1 is 0.786 bits per heavy atom. The molecule has 376 valence electrons. The number of likely N-dealkylation sites (tertiary alicyclic amines) is 1. The molecule has 1 aliphatic heterocycles. The van der Waals surface area contributed by atoms with Gasteiger partial charge in [-0.3, -0.25) is 38.1 Å². The lowest BCUT2D eigenvalue weighted by atomic mass is 9.97. The van der Waals surface area contributed by atoms with Gasteiger partial charge in [-0.25, -0.2) is 4.39 Å². The fourth-order valence-electron chi connectivity index (χ4n) is 8.28. The summed E-state index contributed by atoms with van der Waals surface area (Å²) >= 11 is 6.05. The van der Waals surface area contributed by atoms with Crippen molar-refractivity contribution in [3.8, 4) is 0 Å². The smallest absolute Gasteiger partial charge is 0.303 e. The minimum absolute atomic E-state index is 0.00427. The molecule has 1 saturated heterocycles. The molecular formula is C50H60ClFN6O11S. The summed E-state index contributed by atoms with van der Waals surface area (Å²) in [5.74, 6) is -6.98. The third-order valence-electron chi connectivity index (χ3n) is 11.6. The van der Waals surface area contributed by atoms with Crippen LogP contribution in [0, 0.1) is 5.82 Å². The number of rotatable bonds is 22. The lowest BCUT2D eigenvalue weighted by Gasteiger charge is -2.31. The molecule has 1 aliphatic rings. The summed E-state index contributed by atoms with van der Waals surface area (Å²) in [5.41, 5.74) is 0.250. The number of carbonyl (C=O) groups excluding carboxylic acids is 6. The molecule has 0 saturated carbocycles. The Morgan fingerprint density at radius 3 is 2.09 bits per heavy atom. The maximum atomic E-state index is 14.8. The van der Waals surface area contributed by atoms with Gasteiger partial charge in [0.15, 0.2) is 0 Å². The highest BCUT2D eigenvalue weighted by Crippen LogP contribution is 2.24. The van der Waals surface area contributed by atoms with E-state index in [-0.39, 0.29) is 62.1 Å². The van der Waals surface area contributed by atoms with Crippen molar-refractivity contribution in [2.24, 2.45) is 0 Å². The van der Waals surface area contributed by atoms with Gasteiger partial charge in [-0.1, -0.05) is 91.7 Å². The monoisotopic (exact) mass is 1010 g/mol. The topological polar surface area (TPSA) is 257 Å². The van der Waals surface area contributed by atoms with Crippen molar-refractivity contribution < 1.29 is 56.0 Å². The first kappa shape index (κ1) is 54.5. The van der Waals surface area contributed by atoms with Gasteiger partial charge in [0.25, 0.3) is 16.0 Å². The molecule has 1 fully saturated rings. The summed E-state index contributed by atoms with van der Waals surface area (Å²) in [6, 6.07) is 16.0. The average Bonchev–Trinajstić information content (AvgIpc) is 3.78. The summed E-state index contributed by atoms with van der Waals surface area (Å²) < 4.78 is 47.1. The van der Waals surface area contributed by atoms with E-state index in [1.807, 2.05) is 42.5 Å². The SMILES string of the molecule is CCC[C@H](NC(=O)[C@H](Cc1ccc(CS(=O)(=O)O)cc1)NC(=O)c1cc(Cl)ccc1F)C(=O)N1CCC[C@H]1C(=O)N[C@@H](Cc1cccc2ccccc12)C(=O)N[C@@H](CCCC(=O)O)C(=O)NC(C)(C)C. The Labute approximate surface area is 411 Å². The van der Waals surface area contributed by atoms with Gasteiger partial charge in [0, 0.05) is 36.4 Å². The van der Waals surface area contributed by atoms with Crippen molar-refractivity contribution in [1.29, 1.82) is 0 Å². The Kier molecular flexibility index (Phi) is 19.0. The van der Waals surface area contributed by atoms with Gasteiger partial charge in [-0.05, 0) is 98.5 Å². The third-order valence-corrected chi connectivity index (χ3v) is 12.5. The minimum atomic E-state index is -4.35. The number of fused-ring (bicyclic) bond motifs is 1. The summed E-state index contributed by atoms with van der Waals surface area (Å²) in [6.45, 7) is 7.18. The summed E-state index contributed by atoms with van der Waals surface area (Å²) in [4.78, 5) is 97.3. The van der Waals surface area contributed by atoms with Crippen LogP contribution in [0.1, 0.15) is 99.7 Å². The molecule has 70 heavy (non-hydrogen) atoms. The molecule has 1 heterocycles. The molecule has 4 aromatic carbocycles. The number of halogens is 2. The van der Waals surface area contributed by atoms with Crippen molar-refractivity contribution in [1.82, 2.24) is 31.5 Å². The largest absolute Gasteiger partial charge is 0.481 e. The molecule has 17 nitrogen and oxygen atoms in total. The third kappa shape index (κ3) is 16.1. The number of hydrogen-bond donors (Lipinski definition) is 7. The van der Waals surface area contributed by atoms with Crippen molar-refractivity contribution in [2.45, 2.75) is 127 Å². The van der Waals surface area contributed by atoms with Crippen LogP contribution in [0.25, 0.3) is 10.8 Å². The van der Waals surface area contributed by atoms with Crippen molar-refractivity contribution in [3.63, 3.8) is 0 Å². The molecule has 6 amide bonds. The molecule has 0 radical (unpaired) electrons. The quantitative estimate of drug-likeness (QED) is 0.0515. The normalized spacial score (nSPS) is 15.5. The van der Waals surface area contributed by atoms with E-state index in [4.69, 9.17) is 11.6 Å². The van der Waals surface area contributed by atoms with E-state index in [0.717, 1.165) is 22.9 Å². The average molecular weight is 1010 g/mol. The van der Waals surface area contributed by atoms with Gasteiger partial charge in [0.05, 0.1) is 5.56 Å². The first-order chi connectivity index (χ1) is 33.0. The van der Waals surface area contributed by atoms with E-state index in [0.29, 0.717) is 24.0 Å². The van der Waals surface area contributed by atoms with Crippen LogP contribution < -0.4 is 26.6 Å². The molecule has 0 unspecified atom stereocenters. The number of hydrogen-bond acceptors (Lipinski definition) is 9. The molecule has 7 N–H and O–H groups in total. The van der Waals surface area contributed by atoms with Crippen LogP contribution in [0.15, 0.2) is 84.9 Å². The zero-order valence-electron chi connectivity index (χ0n) is 39.4. The molecule has 0 spiro atoms. The zero-order chi connectivity index (χ0) is 51.3. The van der Waals surface area contributed by atoms with Crippen LogP contribution in [-0.2, 0) is 57.5 Å². The van der Waals surface area contributed by atoms with Crippen LogP contribution in [0.5, 0.6) is 0 Å². The van der Waals surface area contributed by atoms with E-state index in [1.165, 1.54) is 35.2 Å². The summed E-state index contributed by atoms with van der Waals surface area (Å²) in [6.07, 6.45) is 0.704. The molecule has 5 atom stereocenters. The van der Waals surface area contributed by atoms with Crippen LogP contribution in [0.3, 0.4) is 0 Å². The van der Waals surface area contributed by atoms with Gasteiger partial charge in [-0.2, -0.15) is 8.42 Å². The number of nitrogens with zero attached hydrogens (tertiary/aromatic N) is 1. The highest BCUT2D eigenvalue weighted by Gasteiger charge is 2.40. The molecule has 0 bridgehead atoms. The second-order valence-electron chi connectivity index (χ2n) is 18.4. The number of carboxylic acids is 1. The summed E-state index contributed by atoms with van der Waals surface area (Å²) in [5, 5.41) is 24.8. The lowest BCUT2D eigenvalue weighted by molar-refractivity contribution is -0.142. The van der Waals surface area contributed by atoms with E-state index in [1.54, 1.807) is 27.7 Å². The number of amides is 6. The van der Waals surface area contributed by atoms with Crippen LogP contribution in [0.2, 0.25) is 5.02 Å². The fourth-order valence-corrected chi connectivity index (χ4v) is 9.06. The Hall–Kier alpha value is -6.44. The predicted molar refractivity (Wildman–Crippen MR) is 261 cm³/mol. The van der Waals surface area contributed by atoms with E-state index < -0.39 is 104 Å². The second-order valence-corrected chi connectivity index (χ2v) is 20.3. The Bertz CT molecular complexity index is 2680. The number of benzene rings is 4. The van der Waals surface area contributed by atoms with Crippen LogP contribution >= 0.6 is 11.6 Å². The number of aliphatic carboxylic acids is 1. The van der Waals surface area contributed by atoms with Gasteiger partial charge in [-0.15, -0.1) is 0 Å². The van der Waals surface area contributed by atoms with E-state index >= 15 is 0 Å². The van der Waals surface area contributed by atoms with Crippen LogP contribution in [-0.4, -0.2) is 107 Å². The maximum absolute atomic E-state index is 14.8. The molecule has 0 aliphatic carbocycles. The second kappa shape index (κ2) is 24.4. The molecule has 5 rings (SSSR count). The summed E-state index contributed by atoms with van der Waals surface area (Å²) in [7, 11) is -4.35. The van der Waals surface area contributed by atoms with Gasteiger partial charge >= 0.3 is 5.97 Å². The maximum Gasteiger partial charge on any atom is 0.303 e. The van der Waals surface area contributed by atoms with Crippen molar-refractivity contribution in [3.05, 3.63) is 118 Å². The fraction of sp³-hybridized carbons (Fsp3) is 0.420. The van der Waals surface area contributed by atoms with Gasteiger partial charge < -0.3 is 36.6 Å². The van der Waals surface area contributed by atoms with Crippen LogP contribution in [0.4, 0.5) is 4.39 Å². The zero-order valence-corrected chi connectivity index (χ0v) is 41.0. The van der Waals surface area contributed by atoms with Gasteiger partial charge in [0.2, 0.25) is 29.5 Å². The van der Waals surface area contributed by atoms with Crippen molar-refractivity contribution >= 4 is 73.9 Å². The molecular weight excluding hydrogens is 947 g/mol. The highest BCUT2D eigenvalue weighted by atomic mass is 35.5. The molecule has 4 aromatic rings. The number of carbonyl (C=O) groups is 7. The minimum Gasteiger partial charge on any atom is -0.481 e. The first-order valence-corrected chi connectivity index (χ1v) is 25.0. The first-order valence-electron chi connectivity index (χ1n) is 23.0. The molecule has 0 aromatic heterocycles. The standard InChI is InChI=1S/C50H60ClFN6O11S/c1-5-11-39(54-45(62)40(55-44(61)36-28-34(51)23-24-37(36)52)26-30-19-21-31(22-20-30)29-70(67,68)69)49(66)58-25-10-17-42(58)48(65)56-41(27-33-14-8-13-32-12-6-7-15-35(32)33)46(63)53-38(16-9-18-43(59)60)47(64)57-50(2,3)4/h6-8,12-15,19-24,28,38-42H,5,9-11,16-18,25-27,29H2,1-4H3,(H,53,63)(H,54,62)(H,55,61)(H,56,65)(H,57,64)(H,59,60)(H,67,68,69)/t38-,39-,40-,41-,42-/m0/s1. The number of carboxylic acid groups (broad SMARTS) is 1. The Morgan fingerprint density at radius 2 is 1.43 bits per heavy atom. The van der Waals surface area contributed by atoms with Gasteiger partial charge in [0.1, 0.15) is 41.8 Å². The Balaban J connectivity index is 1.40. The molecule has 20 heteroatoms. The highest BCUT2D eigenvalue weighted by molar-refractivity contribution is 7.85. The van der Waals surface area contributed by atoms with E-state index in [2.05, 4.69) is 26.6 Å². The lowest BCUT2D eigenvalue weighted by Crippen LogP contribution is -2.59. The number of nitrogens with one attached hydrogen (secondary N) is 5. The predicted octanol–water partition coefficient (Wildman–Crippen LogP) is 5.02. The van der Waals surface area contributed by atoms with Crippen molar-refractivity contribution in [2.75, 3.05) is 6.54 Å². The van der Waals surface area contributed by atoms with E-state index in [9.17, 15) is 56.0 Å².